The molecule has 0 atom stereocenters. The fourth-order valence-corrected chi connectivity index (χ4v) is 3.32. The highest BCUT2D eigenvalue weighted by atomic mass is 35.5. The van der Waals surface area contributed by atoms with E-state index in [0.29, 0.717) is 22.4 Å². The second kappa shape index (κ2) is 7.36. The highest BCUT2D eigenvalue weighted by molar-refractivity contribution is 6.37. The number of rotatable bonds is 4. The summed E-state index contributed by atoms with van der Waals surface area (Å²) >= 11 is 12.3. The molecule has 1 aromatic carbocycles. The lowest BCUT2D eigenvalue weighted by atomic mass is 10.1. The molecule has 0 amide bonds. The number of halogens is 2. The van der Waals surface area contributed by atoms with Gasteiger partial charge in [0.2, 0.25) is 0 Å². The van der Waals surface area contributed by atoms with Crippen LogP contribution in [0.5, 0.6) is 5.75 Å². The van der Waals surface area contributed by atoms with Crippen molar-refractivity contribution >= 4 is 34.4 Å². The molecular formula is C20H15Cl2N3O. The zero-order valence-corrected chi connectivity index (χ0v) is 15.3. The number of nitrogens with zero attached hydrogens (tertiary/aromatic N) is 3. The van der Waals surface area contributed by atoms with Crippen molar-refractivity contribution in [3.63, 3.8) is 0 Å². The maximum Gasteiger partial charge on any atom is 0.167 e. The maximum atomic E-state index is 6.17. The molecule has 4 nitrogen and oxygen atoms in total. The van der Waals surface area contributed by atoms with Gasteiger partial charge in [-0.25, -0.2) is 0 Å². The van der Waals surface area contributed by atoms with Gasteiger partial charge in [-0.15, -0.1) is 10.2 Å². The molecule has 130 valence electrons. The molecule has 0 radical (unpaired) electrons. The van der Waals surface area contributed by atoms with E-state index < -0.39 is 0 Å². The molecule has 0 spiro atoms. The Kier molecular flexibility index (Phi) is 4.78. The SMILES string of the molecule is Clc1cccc(Cl)c1OCc1cccn2c(C3=CC=CC=CC3)nnc12. The van der Waals surface area contributed by atoms with Crippen LogP contribution in [0.1, 0.15) is 17.8 Å². The molecule has 1 aliphatic rings. The quantitative estimate of drug-likeness (QED) is 0.595. The van der Waals surface area contributed by atoms with Gasteiger partial charge in [0.15, 0.2) is 17.2 Å². The molecule has 26 heavy (non-hydrogen) atoms. The van der Waals surface area contributed by atoms with Gasteiger partial charge < -0.3 is 4.74 Å². The molecule has 2 heterocycles. The second-order valence-electron chi connectivity index (χ2n) is 5.80. The largest absolute Gasteiger partial charge is 0.486 e. The molecule has 0 saturated heterocycles. The van der Waals surface area contributed by atoms with Crippen LogP contribution in [0.15, 0.2) is 66.9 Å². The van der Waals surface area contributed by atoms with E-state index in [1.807, 2.05) is 41.0 Å². The first kappa shape index (κ1) is 16.9. The minimum Gasteiger partial charge on any atom is -0.486 e. The number of pyridine rings is 1. The fourth-order valence-electron chi connectivity index (χ4n) is 2.82. The summed E-state index contributed by atoms with van der Waals surface area (Å²) in [4.78, 5) is 0. The van der Waals surface area contributed by atoms with Crippen LogP contribution in [0.2, 0.25) is 10.0 Å². The molecule has 2 aromatic heterocycles. The summed E-state index contributed by atoms with van der Waals surface area (Å²) < 4.78 is 7.83. The van der Waals surface area contributed by atoms with Crippen LogP contribution in [0.3, 0.4) is 0 Å². The Balaban J connectivity index is 1.66. The Hall–Kier alpha value is -2.56. The van der Waals surface area contributed by atoms with Crippen molar-refractivity contribution in [2.45, 2.75) is 13.0 Å². The van der Waals surface area contributed by atoms with Gasteiger partial charge in [-0.3, -0.25) is 4.40 Å². The standard InChI is InChI=1S/C20H15Cl2N3O/c21-16-10-5-11-17(22)18(16)26-13-15-9-6-12-25-19(23-24-20(15)25)14-7-3-1-2-4-8-14/h1-7,9-12H,8,13H2. The van der Waals surface area contributed by atoms with Gasteiger partial charge in [0, 0.05) is 17.3 Å². The second-order valence-corrected chi connectivity index (χ2v) is 6.61. The molecule has 1 aliphatic carbocycles. The van der Waals surface area contributed by atoms with E-state index in [1.165, 1.54) is 0 Å². The van der Waals surface area contributed by atoms with Crippen molar-refractivity contribution < 1.29 is 4.74 Å². The number of para-hydroxylation sites is 1. The summed E-state index contributed by atoms with van der Waals surface area (Å²) in [5.41, 5.74) is 2.76. The Morgan fingerprint density at radius 2 is 1.85 bits per heavy atom. The highest BCUT2D eigenvalue weighted by Gasteiger charge is 2.14. The van der Waals surface area contributed by atoms with Crippen LogP contribution in [0.25, 0.3) is 11.2 Å². The lowest BCUT2D eigenvalue weighted by Gasteiger charge is -2.10. The van der Waals surface area contributed by atoms with Crippen LogP contribution in [0.4, 0.5) is 0 Å². The van der Waals surface area contributed by atoms with E-state index in [1.54, 1.807) is 18.2 Å². The van der Waals surface area contributed by atoms with Gasteiger partial charge in [-0.2, -0.15) is 0 Å². The van der Waals surface area contributed by atoms with Crippen LogP contribution >= 0.6 is 23.2 Å². The Morgan fingerprint density at radius 3 is 2.69 bits per heavy atom. The lowest BCUT2D eigenvalue weighted by molar-refractivity contribution is 0.307. The molecule has 0 fully saturated rings. The van der Waals surface area contributed by atoms with E-state index in [2.05, 4.69) is 22.3 Å². The van der Waals surface area contributed by atoms with Crippen LogP contribution in [-0.2, 0) is 6.61 Å². The van der Waals surface area contributed by atoms with Crippen molar-refractivity contribution in [3.05, 3.63) is 88.3 Å². The predicted octanol–water partition coefficient (Wildman–Crippen LogP) is 5.51. The number of fused-ring (bicyclic) bond motifs is 1. The summed E-state index contributed by atoms with van der Waals surface area (Å²) in [6, 6.07) is 9.19. The Morgan fingerprint density at radius 1 is 1.00 bits per heavy atom. The first-order valence-electron chi connectivity index (χ1n) is 8.16. The van der Waals surface area contributed by atoms with E-state index in [9.17, 15) is 0 Å². The number of allylic oxidation sites excluding steroid dienone is 6. The third kappa shape index (κ3) is 3.26. The summed E-state index contributed by atoms with van der Waals surface area (Å²) in [5.74, 6) is 1.30. The van der Waals surface area contributed by atoms with Crippen LogP contribution in [0, 0.1) is 0 Å². The highest BCUT2D eigenvalue weighted by Crippen LogP contribution is 2.33. The number of benzene rings is 1. The molecule has 4 rings (SSSR count). The smallest absolute Gasteiger partial charge is 0.167 e. The van der Waals surface area contributed by atoms with Gasteiger partial charge in [0.25, 0.3) is 0 Å². The van der Waals surface area contributed by atoms with Crippen molar-refractivity contribution in [3.8, 4) is 5.75 Å². The lowest BCUT2D eigenvalue weighted by Crippen LogP contribution is -2.01. The number of hydrogen-bond donors (Lipinski definition) is 0. The summed E-state index contributed by atoms with van der Waals surface area (Å²) in [7, 11) is 0. The fraction of sp³-hybridized carbons (Fsp3) is 0.100. The van der Waals surface area contributed by atoms with Crippen LogP contribution in [-0.4, -0.2) is 14.6 Å². The minimum absolute atomic E-state index is 0.296. The zero-order valence-electron chi connectivity index (χ0n) is 13.8. The zero-order chi connectivity index (χ0) is 17.9. The normalized spacial score (nSPS) is 13.7. The first-order chi connectivity index (χ1) is 12.7. The van der Waals surface area contributed by atoms with Gasteiger partial charge >= 0.3 is 0 Å². The summed E-state index contributed by atoms with van der Waals surface area (Å²) in [5, 5.41) is 9.70. The molecule has 0 unspecified atom stereocenters. The molecular weight excluding hydrogens is 369 g/mol. The van der Waals surface area contributed by atoms with Crippen molar-refractivity contribution in [1.82, 2.24) is 14.6 Å². The molecule has 0 saturated carbocycles. The molecule has 0 aliphatic heterocycles. The van der Waals surface area contributed by atoms with Crippen molar-refractivity contribution in [2.75, 3.05) is 0 Å². The van der Waals surface area contributed by atoms with Crippen LogP contribution < -0.4 is 4.74 Å². The Bertz CT molecular complexity index is 1030. The minimum atomic E-state index is 0.296. The van der Waals surface area contributed by atoms with E-state index in [4.69, 9.17) is 27.9 Å². The van der Waals surface area contributed by atoms with Crippen molar-refractivity contribution in [2.24, 2.45) is 0 Å². The monoisotopic (exact) mass is 383 g/mol. The van der Waals surface area contributed by atoms with E-state index in [0.717, 1.165) is 29.0 Å². The van der Waals surface area contributed by atoms with Gasteiger partial charge in [0.1, 0.15) is 6.61 Å². The average Bonchev–Trinajstić information content (AvgIpc) is 2.89. The van der Waals surface area contributed by atoms with Gasteiger partial charge in [-0.1, -0.05) is 65.7 Å². The summed E-state index contributed by atoms with van der Waals surface area (Å²) in [6.07, 6.45) is 13.0. The molecule has 3 aromatic rings. The number of aromatic nitrogens is 3. The average molecular weight is 384 g/mol. The first-order valence-corrected chi connectivity index (χ1v) is 8.92. The third-order valence-electron chi connectivity index (χ3n) is 4.09. The van der Waals surface area contributed by atoms with Gasteiger partial charge in [0.05, 0.1) is 10.0 Å². The Labute approximate surface area is 161 Å². The van der Waals surface area contributed by atoms with Crippen molar-refractivity contribution in [1.29, 1.82) is 0 Å². The number of hydrogen-bond acceptors (Lipinski definition) is 3. The number of ether oxygens (including phenoxy) is 1. The van der Waals surface area contributed by atoms with Gasteiger partial charge in [-0.05, 0) is 24.6 Å². The molecule has 6 heteroatoms. The summed E-state index contributed by atoms with van der Waals surface area (Å²) in [6.45, 7) is 0.296. The molecule has 0 N–H and O–H groups in total. The predicted molar refractivity (Wildman–Crippen MR) is 105 cm³/mol. The maximum absolute atomic E-state index is 6.17. The van der Waals surface area contributed by atoms with E-state index >= 15 is 0 Å². The third-order valence-corrected chi connectivity index (χ3v) is 4.68. The molecule has 0 bridgehead atoms. The van der Waals surface area contributed by atoms with E-state index in [-0.39, 0.29) is 0 Å². The topological polar surface area (TPSA) is 39.4 Å².